The quantitative estimate of drug-likeness (QED) is 0.347. The van der Waals surface area contributed by atoms with Gasteiger partial charge in [0.05, 0.1) is 11.0 Å². The summed E-state index contributed by atoms with van der Waals surface area (Å²) in [5.41, 5.74) is 5.49. The molecular weight excluding hydrogens is 406 g/mol. The number of hydrogen-bond donors (Lipinski definition) is 0. The van der Waals surface area contributed by atoms with Gasteiger partial charge < -0.3 is 9.47 Å². The highest BCUT2D eigenvalue weighted by molar-refractivity contribution is 5.96. The molecule has 1 aliphatic rings. The maximum Gasteiger partial charge on any atom is 0.227 e. The molecule has 4 heteroatoms. The molecule has 0 bridgehead atoms. The third kappa shape index (κ3) is 3.48. The second-order valence-corrected chi connectivity index (χ2v) is 8.93. The number of benzene rings is 4. The minimum Gasteiger partial charge on any atom is -0.323 e. The molecule has 4 nitrogen and oxygen atoms in total. The number of hydrogen-bond acceptors (Lipinski definition) is 2. The molecule has 2 heterocycles. The summed E-state index contributed by atoms with van der Waals surface area (Å²) in [5, 5.41) is 2.50. The molecule has 1 fully saturated rings. The van der Waals surface area contributed by atoms with Crippen molar-refractivity contribution < 1.29 is 4.79 Å². The zero-order valence-electron chi connectivity index (χ0n) is 18.6. The van der Waals surface area contributed by atoms with E-state index in [2.05, 4.69) is 84.3 Å². The average Bonchev–Trinajstić information content (AvgIpc) is 3.40. The summed E-state index contributed by atoms with van der Waals surface area (Å²) in [5.74, 6) is 1.21. The van der Waals surface area contributed by atoms with Crippen LogP contribution in [-0.2, 0) is 11.3 Å². The van der Waals surface area contributed by atoms with E-state index in [9.17, 15) is 4.79 Å². The van der Waals surface area contributed by atoms with Crippen LogP contribution < -0.4 is 4.90 Å². The number of fused-ring (bicyclic) bond motifs is 2. The van der Waals surface area contributed by atoms with Gasteiger partial charge in [-0.3, -0.25) is 4.79 Å². The number of para-hydroxylation sites is 2. The molecule has 6 rings (SSSR count). The van der Waals surface area contributed by atoms with Gasteiger partial charge in [0.25, 0.3) is 0 Å². The van der Waals surface area contributed by atoms with Crippen LogP contribution in [-0.4, -0.2) is 22.0 Å². The highest BCUT2D eigenvalue weighted by Crippen LogP contribution is 2.34. The van der Waals surface area contributed by atoms with E-state index in [1.807, 2.05) is 23.1 Å². The van der Waals surface area contributed by atoms with Crippen LogP contribution in [0.5, 0.6) is 0 Å². The van der Waals surface area contributed by atoms with E-state index in [1.54, 1.807) is 0 Å². The lowest BCUT2D eigenvalue weighted by molar-refractivity contribution is -0.117. The highest BCUT2D eigenvalue weighted by atomic mass is 16.2. The number of rotatable bonds is 4. The number of aromatic nitrogens is 2. The maximum absolute atomic E-state index is 13.0. The molecule has 162 valence electrons. The van der Waals surface area contributed by atoms with Crippen molar-refractivity contribution in [1.29, 1.82) is 0 Å². The molecule has 4 aromatic carbocycles. The molecule has 0 unspecified atom stereocenters. The van der Waals surface area contributed by atoms with Crippen LogP contribution in [0.1, 0.15) is 29.3 Å². The lowest BCUT2D eigenvalue weighted by Crippen LogP contribution is -2.24. The Morgan fingerprint density at radius 3 is 2.61 bits per heavy atom. The van der Waals surface area contributed by atoms with E-state index >= 15 is 0 Å². The fraction of sp³-hybridized carbons (Fsp3) is 0.172. The number of carbonyl (C=O) groups excluding carboxylic acids is 1. The normalized spacial score (nSPS) is 16.2. The zero-order valence-corrected chi connectivity index (χ0v) is 18.6. The van der Waals surface area contributed by atoms with Gasteiger partial charge >= 0.3 is 0 Å². The molecule has 1 aliphatic heterocycles. The Morgan fingerprint density at radius 2 is 1.70 bits per heavy atom. The lowest BCUT2D eigenvalue weighted by Gasteiger charge is -2.18. The predicted molar refractivity (Wildman–Crippen MR) is 134 cm³/mol. The minimum absolute atomic E-state index is 0.0559. The Labute approximate surface area is 193 Å². The summed E-state index contributed by atoms with van der Waals surface area (Å²) in [6, 6.07) is 31.4. The molecule has 33 heavy (non-hydrogen) atoms. The van der Waals surface area contributed by atoms with Crippen LogP contribution in [0.15, 0.2) is 91.0 Å². The van der Waals surface area contributed by atoms with E-state index in [-0.39, 0.29) is 11.8 Å². The minimum atomic E-state index is 0.0559. The molecule has 0 spiro atoms. The molecule has 5 aromatic rings. The maximum atomic E-state index is 13.0. The van der Waals surface area contributed by atoms with E-state index in [1.165, 1.54) is 16.3 Å². The second kappa shape index (κ2) is 7.89. The summed E-state index contributed by atoms with van der Waals surface area (Å²) < 4.78 is 2.31. The number of nitrogens with zero attached hydrogens (tertiary/aromatic N) is 3. The van der Waals surface area contributed by atoms with Crippen molar-refractivity contribution in [3.8, 4) is 0 Å². The molecule has 0 N–H and O–H groups in total. The highest BCUT2D eigenvalue weighted by Gasteiger charge is 2.35. The first kappa shape index (κ1) is 19.7. The van der Waals surface area contributed by atoms with Crippen molar-refractivity contribution in [3.05, 3.63) is 108 Å². The van der Waals surface area contributed by atoms with Gasteiger partial charge in [-0.05, 0) is 53.1 Å². The van der Waals surface area contributed by atoms with Crippen molar-refractivity contribution in [2.75, 3.05) is 11.4 Å². The van der Waals surface area contributed by atoms with Crippen LogP contribution >= 0.6 is 0 Å². The van der Waals surface area contributed by atoms with E-state index in [4.69, 9.17) is 4.98 Å². The fourth-order valence-electron chi connectivity index (χ4n) is 5.10. The molecule has 0 radical (unpaired) electrons. The number of carbonyl (C=O) groups is 1. The molecule has 0 saturated carbocycles. The molecule has 1 aromatic heterocycles. The van der Waals surface area contributed by atoms with Crippen molar-refractivity contribution >= 4 is 33.4 Å². The van der Waals surface area contributed by atoms with E-state index < -0.39 is 0 Å². The van der Waals surface area contributed by atoms with Crippen LogP contribution in [0.25, 0.3) is 21.8 Å². The second-order valence-electron chi connectivity index (χ2n) is 8.93. The van der Waals surface area contributed by atoms with E-state index in [0.29, 0.717) is 13.0 Å². The van der Waals surface area contributed by atoms with Gasteiger partial charge in [0.1, 0.15) is 5.82 Å². The van der Waals surface area contributed by atoms with Gasteiger partial charge in [0, 0.05) is 31.1 Å². The summed E-state index contributed by atoms with van der Waals surface area (Å²) in [6.07, 6.45) is 0.479. The molecule has 1 saturated heterocycles. The molecule has 1 amide bonds. The lowest BCUT2D eigenvalue weighted by atomic mass is 10.0. The Bertz CT molecular complexity index is 1490. The van der Waals surface area contributed by atoms with Gasteiger partial charge in [-0.1, -0.05) is 66.7 Å². The SMILES string of the molecule is Cc1cccc(N2C[C@@H](c3nc4ccccc4n3Cc3cccc4ccccc34)CC2=O)c1. The van der Waals surface area contributed by atoms with Crippen LogP contribution in [0.2, 0.25) is 0 Å². The standard InChI is InChI=1S/C29H25N3O/c1-20-8-6-12-24(16-20)31-19-23(17-28(31)33)29-30-26-14-4-5-15-27(26)32(29)18-22-11-7-10-21-9-2-3-13-25(21)22/h2-16,23H,17-19H2,1H3/t23-/m0/s1. The summed E-state index contributed by atoms with van der Waals surface area (Å²) in [6.45, 7) is 3.44. The molecular formula is C29H25N3O. The first-order valence-electron chi connectivity index (χ1n) is 11.5. The first-order valence-corrected chi connectivity index (χ1v) is 11.5. The van der Waals surface area contributed by atoms with Crippen LogP contribution in [0.3, 0.4) is 0 Å². The number of amides is 1. The molecule has 1 atom stereocenters. The average molecular weight is 432 g/mol. The monoisotopic (exact) mass is 431 g/mol. The van der Waals surface area contributed by atoms with Crippen molar-refractivity contribution in [1.82, 2.24) is 9.55 Å². The third-order valence-corrected chi connectivity index (χ3v) is 6.70. The van der Waals surface area contributed by atoms with Crippen molar-refractivity contribution in [2.45, 2.75) is 25.8 Å². The first-order chi connectivity index (χ1) is 16.2. The fourth-order valence-corrected chi connectivity index (χ4v) is 5.10. The third-order valence-electron chi connectivity index (χ3n) is 6.70. The zero-order chi connectivity index (χ0) is 22.4. The number of aryl methyl sites for hydroxylation is 1. The van der Waals surface area contributed by atoms with Gasteiger partial charge in [0.15, 0.2) is 0 Å². The smallest absolute Gasteiger partial charge is 0.227 e. The van der Waals surface area contributed by atoms with Crippen molar-refractivity contribution in [2.24, 2.45) is 0 Å². The van der Waals surface area contributed by atoms with Gasteiger partial charge in [0.2, 0.25) is 5.91 Å². The van der Waals surface area contributed by atoms with Gasteiger partial charge in [-0.15, -0.1) is 0 Å². The summed E-state index contributed by atoms with van der Waals surface area (Å²) in [7, 11) is 0. The Balaban J connectivity index is 1.42. The summed E-state index contributed by atoms with van der Waals surface area (Å²) >= 11 is 0. The summed E-state index contributed by atoms with van der Waals surface area (Å²) in [4.78, 5) is 20.0. The predicted octanol–water partition coefficient (Wildman–Crippen LogP) is 6.07. The Kier molecular flexibility index (Phi) is 4.72. The van der Waals surface area contributed by atoms with Crippen LogP contribution in [0, 0.1) is 6.92 Å². The van der Waals surface area contributed by atoms with E-state index in [0.717, 1.165) is 34.7 Å². The molecule has 0 aliphatic carbocycles. The number of imidazole rings is 1. The van der Waals surface area contributed by atoms with Crippen LogP contribution in [0.4, 0.5) is 5.69 Å². The number of anilines is 1. The van der Waals surface area contributed by atoms with Gasteiger partial charge in [-0.25, -0.2) is 4.98 Å². The Hall–Kier alpha value is -3.92. The largest absolute Gasteiger partial charge is 0.323 e. The van der Waals surface area contributed by atoms with Gasteiger partial charge in [-0.2, -0.15) is 0 Å². The van der Waals surface area contributed by atoms with Crippen molar-refractivity contribution in [3.63, 3.8) is 0 Å². The Morgan fingerprint density at radius 1 is 0.909 bits per heavy atom. The topological polar surface area (TPSA) is 38.1 Å².